The van der Waals surface area contributed by atoms with E-state index in [4.69, 9.17) is 4.74 Å². The fourth-order valence-corrected chi connectivity index (χ4v) is 5.87. The van der Waals surface area contributed by atoms with Gasteiger partial charge in [-0.25, -0.2) is 4.79 Å². The molecule has 0 saturated heterocycles. The van der Waals surface area contributed by atoms with Crippen molar-refractivity contribution in [1.29, 1.82) is 0 Å². The molecule has 1 aliphatic rings. The van der Waals surface area contributed by atoms with Crippen LogP contribution in [0, 0.1) is 0 Å². The number of aliphatic hydroxyl groups is 3. The molecule has 0 bridgehead atoms. The quantitative estimate of drug-likeness (QED) is 0.0621. The number of rotatable bonds is 29. The lowest BCUT2D eigenvalue weighted by atomic mass is 9.99. The topological polar surface area (TPSA) is 87.0 Å². The van der Waals surface area contributed by atoms with Gasteiger partial charge < -0.3 is 20.1 Å². The van der Waals surface area contributed by atoms with Gasteiger partial charge in [0.15, 0.2) is 0 Å². The lowest BCUT2D eigenvalue weighted by Crippen LogP contribution is -2.12. The third-order valence-electron chi connectivity index (χ3n) is 8.49. The fourth-order valence-electron chi connectivity index (χ4n) is 5.87. The van der Waals surface area contributed by atoms with Gasteiger partial charge in [0.25, 0.3) is 0 Å². The van der Waals surface area contributed by atoms with Crippen LogP contribution in [0.2, 0.25) is 0 Å². The molecule has 3 N–H and O–H groups in total. The van der Waals surface area contributed by atoms with Crippen LogP contribution in [0.4, 0.5) is 0 Å². The third-order valence-corrected chi connectivity index (χ3v) is 8.49. The van der Waals surface area contributed by atoms with Gasteiger partial charge in [-0.15, -0.1) is 0 Å². The van der Waals surface area contributed by atoms with E-state index in [0.29, 0.717) is 18.4 Å². The molecule has 0 spiro atoms. The van der Waals surface area contributed by atoms with E-state index in [1.54, 1.807) is 6.08 Å². The average molecular weight is 567 g/mol. The lowest BCUT2D eigenvalue weighted by molar-refractivity contribution is -0.139. The molecule has 0 radical (unpaired) electrons. The molecule has 236 valence electrons. The van der Waals surface area contributed by atoms with Gasteiger partial charge in [0, 0.05) is 12.0 Å². The van der Waals surface area contributed by atoms with Crippen molar-refractivity contribution in [2.24, 2.45) is 0 Å². The molecule has 5 heteroatoms. The Kier molecular flexibility index (Phi) is 23.9. The number of aliphatic hydroxyl groups excluding tert-OH is 3. The summed E-state index contributed by atoms with van der Waals surface area (Å²) >= 11 is 0. The van der Waals surface area contributed by atoms with Gasteiger partial charge in [-0.3, -0.25) is 0 Å². The zero-order chi connectivity index (χ0) is 29.3. The first kappa shape index (κ1) is 37.1. The number of ether oxygens (including phenoxy) is 1. The van der Waals surface area contributed by atoms with Crippen LogP contribution in [0.15, 0.2) is 11.6 Å². The Bertz CT molecular complexity index is 619. The molecule has 0 aromatic heterocycles. The number of hydrogen-bond donors (Lipinski definition) is 3. The van der Waals surface area contributed by atoms with E-state index in [-0.39, 0.29) is 24.3 Å². The minimum Gasteiger partial charge on any atom is -0.455 e. The number of carbonyl (C=O) groups excluding carboxylic acids is 1. The Hall–Kier alpha value is -0.910. The second-order valence-corrected chi connectivity index (χ2v) is 12.6. The summed E-state index contributed by atoms with van der Waals surface area (Å²) in [7, 11) is 0. The number of unbranched alkanes of at least 4 members (excludes halogenated alkanes) is 17. The number of carbonyl (C=O) groups is 1. The molecule has 1 rings (SSSR count). The van der Waals surface area contributed by atoms with Crippen LogP contribution < -0.4 is 0 Å². The summed E-state index contributed by atoms with van der Waals surface area (Å²) in [4.78, 5) is 11.6. The highest BCUT2D eigenvalue weighted by molar-refractivity contribution is 5.90. The Balaban J connectivity index is 1.80. The van der Waals surface area contributed by atoms with Crippen LogP contribution in [0.1, 0.15) is 181 Å². The molecule has 0 unspecified atom stereocenters. The minimum atomic E-state index is -0.496. The molecule has 1 aliphatic heterocycles. The van der Waals surface area contributed by atoms with Crippen LogP contribution in [0.5, 0.6) is 0 Å². The van der Waals surface area contributed by atoms with Gasteiger partial charge in [0.05, 0.1) is 18.3 Å². The van der Waals surface area contributed by atoms with Crippen LogP contribution in [-0.2, 0) is 9.53 Å². The first-order valence-electron chi connectivity index (χ1n) is 17.4. The van der Waals surface area contributed by atoms with E-state index in [0.717, 1.165) is 64.2 Å². The first-order chi connectivity index (χ1) is 19.4. The highest BCUT2D eigenvalue weighted by atomic mass is 16.5. The van der Waals surface area contributed by atoms with Crippen molar-refractivity contribution in [2.75, 3.05) is 0 Å². The standard InChI is InChI=1S/C35H66O5/c1-3-4-5-6-7-8-9-10-11-12-14-18-23-32(36)24-19-15-13-16-20-25-33(37)26-21-17-22-27-34(38)29-31-28-30(2)40-35(31)39/h28,30,32-34,36-38H,3-27,29H2,1-2H3/t30-,32-,33-,34+/m0/s1. The molecule has 5 nitrogen and oxygen atoms in total. The molecule has 0 amide bonds. The van der Waals surface area contributed by atoms with E-state index >= 15 is 0 Å². The highest BCUT2D eigenvalue weighted by Crippen LogP contribution is 2.21. The molecule has 0 aromatic carbocycles. The van der Waals surface area contributed by atoms with Gasteiger partial charge in [0.2, 0.25) is 0 Å². The smallest absolute Gasteiger partial charge is 0.334 e. The van der Waals surface area contributed by atoms with Crippen molar-refractivity contribution >= 4 is 5.97 Å². The predicted octanol–water partition coefficient (Wildman–Crippen LogP) is 9.10. The van der Waals surface area contributed by atoms with Gasteiger partial charge in [-0.2, -0.15) is 0 Å². The van der Waals surface area contributed by atoms with Crippen molar-refractivity contribution in [3.8, 4) is 0 Å². The summed E-state index contributed by atoms with van der Waals surface area (Å²) in [6.07, 6.45) is 30.4. The molecular formula is C35H66O5. The average Bonchev–Trinajstić information content (AvgIpc) is 3.24. The second-order valence-electron chi connectivity index (χ2n) is 12.6. The molecule has 0 fully saturated rings. The summed E-state index contributed by atoms with van der Waals surface area (Å²) in [6.45, 7) is 4.10. The van der Waals surface area contributed by atoms with E-state index in [2.05, 4.69) is 6.92 Å². The van der Waals surface area contributed by atoms with Gasteiger partial charge in [-0.1, -0.05) is 135 Å². The van der Waals surface area contributed by atoms with Gasteiger partial charge >= 0.3 is 5.97 Å². The molecule has 4 atom stereocenters. The molecule has 1 heterocycles. The molecule has 0 aliphatic carbocycles. The van der Waals surface area contributed by atoms with E-state index in [1.165, 1.54) is 89.9 Å². The summed E-state index contributed by atoms with van der Waals surface area (Å²) < 4.78 is 5.07. The van der Waals surface area contributed by atoms with Gasteiger partial charge in [0.1, 0.15) is 6.10 Å². The SMILES string of the molecule is CCCCCCCCCCCCCC[C@H](O)CCCCCCC[C@H](O)CCCCC[C@@H](O)CC1=C[C@H](C)OC1=O. The van der Waals surface area contributed by atoms with Crippen molar-refractivity contribution in [2.45, 2.75) is 205 Å². The van der Waals surface area contributed by atoms with Crippen molar-refractivity contribution in [1.82, 2.24) is 0 Å². The maximum Gasteiger partial charge on any atom is 0.334 e. The first-order valence-corrected chi connectivity index (χ1v) is 17.4. The molecular weight excluding hydrogens is 500 g/mol. The maximum absolute atomic E-state index is 11.6. The maximum atomic E-state index is 11.6. The predicted molar refractivity (Wildman–Crippen MR) is 167 cm³/mol. The van der Waals surface area contributed by atoms with Crippen LogP contribution in [0.25, 0.3) is 0 Å². The summed E-state index contributed by atoms with van der Waals surface area (Å²) in [5, 5.41) is 30.7. The molecule has 40 heavy (non-hydrogen) atoms. The Labute approximate surface area is 247 Å². The Morgan fingerprint density at radius 1 is 0.575 bits per heavy atom. The fraction of sp³-hybridized carbons (Fsp3) is 0.914. The Morgan fingerprint density at radius 3 is 1.25 bits per heavy atom. The number of hydrogen-bond acceptors (Lipinski definition) is 5. The van der Waals surface area contributed by atoms with Crippen LogP contribution >= 0.6 is 0 Å². The van der Waals surface area contributed by atoms with E-state index in [1.807, 2.05) is 6.92 Å². The van der Waals surface area contributed by atoms with Crippen molar-refractivity contribution in [3.05, 3.63) is 11.6 Å². The largest absolute Gasteiger partial charge is 0.455 e. The third kappa shape index (κ3) is 21.8. The highest BCUT2D eigenvalue weighted by Gasteiger charge is 2.24. The molecule has 0 saturated carbocycles. The van der Waals surface area contributed by atoms with E-state index < -0.39 is 6.10 Å². The normalized spacial score (nSPS) is 17.6. The summed E-state index contributed by atoms with van der Waals surface area (Å²) in [6, 6.07) is 0. The number of cyclic esters (lactones) is 1. The van der Waals surface area contributed by atoms with Crippen LogP contribution in [-0.4, -0.2) is 45.7 Å². The monoisotopic (exact) mass is 566 g/mol. The summed E-state index contributed by atoms with van der Waals surface area (Å²) in [5.41, 5.74) is 0.599. The lowest BCUT2D eigenvalue weighted by Gasteiger charge is -2.12. The van der Waals surface area contributed by atoms with E-state index in [9.17, 15) is 20.1 Å². The van der Waals surface area contributed by atoms with Gasteiger partial charge in [-0.05, 0) is 45.1 Å². The minimum absolute atomic E-state index is 0.119. The van der Waals surface area contributed by atoms with Crippen LogP contribution in [0.3, 0.4) is 0 Å². The van der Waals surface area contributed by atoms with Crippen molar-refractivity contribution in [3.63, 3.8) is 0 Å². The van der Waals surface area contributed by atoms with Crippen molar-refractivity contribution < 1.29 is 24.9 Å². The Morgan fingerprint density at radius 2 is 0.900 bits per heavy atom. The summed E-state index contributed by atoms with van der Waals surface area (Å²) in [5.74, 6) is -0.294. The zero-order valence-electron chi connectivity index (χ0n) is 26.4. The number of esters is 1. The molecule has 0 aromatic rings. The zero-order valence-corrected chi connectivity index (χ0v) is 26.4. The second kappa shape index (κ2) is 25.8.